The molecule has 0 rings (SSSR count). The van der Waals surface area contributed by atoms with E-state index in [-0.39, 0.29) is 0 Å². The van der Waals surface area contributed by atoms with Gasteiger partial charge in [0.15, 0.2) is 0 Å². The molecule has 0 N–H and O–H groups in total. The number of alkyl halides is 1. The van der Waals surface area contributed by atoms with Crippen LogP contribution in [0.15, 0.2) is 0 Å². The summed E-state index contributed by atoms with van der Waals surface area (Å²) in [5.41, 5.74) is 0. The Morgan fingerprint density at radius 2 is 1.50 bits per heavy atom. The fraction of sp³-hybridized carbons (Fsp3) is 1.00. The average molecular weight is 292 g/mol. The standard InChI is InChI=1S/C8H17BrCl2Si/c1-12(10,11)8-6-4-2-3-5-7-9/h2-8H2,1H3. The minimum atomic E-state index is -1.79. The lowest BCUT2D eigenvalue weighted by Gasteiger charge is -2.08. The Bertz CT molecular complexity index is 104. The fourth-order valence-electron chi connectivity index (χ4n) is 1.06. The summed E-state index contributed by atoms with van der Waals surface area (Å²) in [6.45, 7) is 0.204. The molecule has 0 fully saturated rings. The number of hydrogen-bond donors (Lipinski definition) is 0. The predicted octanol–water partition coefficient (Wildman–Crippen LogP) is 4.88. The van der Waals surface area contributed by atoms with Crippen molar-refractivity contribution in [3.8, 4) is 0 Å². The Kier molecular flexibility index (Phi) is 8.47. The molecule has 0 spiro atoms. The summed E-state index contributed by atoms with van der Waals surface area (Å²) in [4.78, 5) is 0. The first kappa shape index (κ1) is 13.3. The van der Waals surface area contributed by atoms with Crippen molar-refractivity contribution in [2.24, 2.45) is 0 Å². The van der Waals surface area contributed by atoms with Gasteiger partial charge in [0, 0.05) is 5.33 Å². The highest BCUT2D eigenvalue weighted by Crippen LogP contribution is 2.23. The lowest BCUT2D eigenvalue weighted by atomic mass is 10.2. The Hall–Kier alpha value is 1.28. The summed E-state index contributed by atoms with van der Waals surface area (Å²) in [5, 5.41) is 1.13. The van der Waals surface area contributed by atoms with E-state index in [1.54, 1.807) is 0 Å². The maximum Gasteiger partial charge on any atom is 0.248 e. The molecule has 0 aromatic carbocycles. The molecule has 12 heavy (non-hydrogen) atoms. The highest BCUT2D eigenvalue weighted by atomic mass is 79.9. The van der Waals surface area contributed by atoms with Crippen molar-refractivity contribution in [2.75, 3.05) is 5.33 Å². The zero-order valence-electron chi connectivity index (χ0n) is 7.58. The quantitative estimate of drug-likeness (QED) is 0.271. The molecular weight excluding hydrogens is 275 g/mol. The SMILES string of the molecule is C[Si](Cl)(Cl)CCCCCCCBr. The van der Waals surface area contributed by atoms with Crippen LogP contribution in [-0.4, -0.2) is 12.0 Å². The van der Waals surface area contributed by atoms with Crippen LogP contribution in [0.3, 0.4) is 0 Å². The van der Waals surface area contributed by atoms with Gasteiger partial charge in [-0.1, -0.05) is 41.6 Å². The fourth-order valence-corrected chi connectivity index (χ4v) is 3.13. The third kappa shape index (κ3) is 11.3. The van der Waals surface area contributed by atoms with Gasteiger partial charge in [0.2, 0.25) is 6.69 Å². The maximum absolute atomic E-state index is 5.97. The van der Waals surface area contributed by atoms with E-state index in [4.69, 9.17) is 22.2 Å². The van der Waals surface area contributed by atoms with Crippen LogP contribution in [0.25, 0.3) is 0 Å². The van der Waals surface area contributed by atoms with Crippen molar-refractivity contribution in [2.45, 2.75) is 44.7 Å². The number of rotatable bonds is 7. The summed E-state index contributed by atoms with van der Waals surface area (Å²) in [6, 6.07) is 1.05. The smallest absolute Gasteiger partial charge is 0.146 e. The Morgan fingerprint density at radius 3 is 2.00 bits per heavy atom. The van der Waals surface area contributed by atoms with Gasteiger partial charge in [0.1, 0.15) is 0 Å². The van der Waals surface area contributed by atoms with E-state index >= 15 is 0 Å². The first-order valence-corrected chi connectivity index (χ1v) is 10.4. The molecule has 0 unspecified atom stereocenters. The minimum absolute atomic E-state index is 1.05. The second-order valence-corrected chi connectivity index (χ2v) is 12.3. The molecule has 74 valence electrons. The first-order chi connectivity index (χ1) is 5.56. The van der Waals surface area contributed by atoms with Crippen molar-refractivity contribution in [1.29, 1.82) is 0 Å². The summed E-state index contributed by atoms with van der Waals surface area (Å²) in [6.07, 6.45) is 6.43. The van der Waals surface area contributed by atoms with Gasteiger partial charge in [-0.05, 0) is 19.0 Å². The van der Waals surface area contributed by atoms with E-state index in [9.17, 15) is 0 Å². The molecule has 0 saturated heterocycles. The lowest BCUT2D eigenvalue weighted by Crippen LogP contribution is -2.11. The Balaban J connectivity index is 3.01. The lowest BCUT2D eigenvalue weighted by molar-refractivity contribution is 0.659. The zero-order chi connectivity index (χ0) is 9.45. The van der Waals surface area contributed by atoms with Crippen LogP contribution < -0.4 is 0 Å². The van der Waals surface area contributed by atoms with E-state index in [0.717, 1.165) is 11.4 Å². The molecule has 0 bridgehead atoms. The van der Waals surface area contributed by atoms with Gasteiger partial charge >= 0.3 is 0 Å². The molecule has 0 aliphatic rings. The largest absolute Gasteiger partial charge is 0.248 e. The molecule has 0 amide bonds. The summed E-state index contributed by atoms with van der Waals surface area (Å²) in [5.74, 6) is 0. The van der Waals surface area contributed by atoms with E-state index in [1.807, 2.05) is 6.55 Å². The van der Waals surface area contributed by atoms with Gasteiger partial charge in [-0.15, -0.1) is 22.2 Å². The molecule has 0 saturated carbocycles. The molecule has 0 atom stereocenters. The van der Waals surface area contributed by atoms with E-state index in [2.05, 4.69) is 15.9 Å². The molecule has 0 aromatic rings. The molecular formula is C8H17BrCl2Si. The minimum Gasteiger partial charge on any atom is -0.146 e. The molecule has 0 aromatic heterocycles. The molecule has 0 radical (unpaired) electrons. The third-order valence-corrected chi connectivity index (χ3v) is 4.68. The molecule has 0 aliphatic carbocycles. The Labute approximate surface area is 94.6 Å². The van der Waals surface area contributed by atoms with Crippen LogP contribution >= 0.6 is 38.1 Å². The van der Waals surface area contributed by atoms with E-state index in [0.29, 0.717) is 0 Å². The summed E-state index contributed by atoms with van der Waals surface area (Å²) in [7, 11) is 0. The normalized spacial score (nSPS) is 12.0. The highest BCUT2D eigenvalue weighted by Gasteiger charge is 2.19. The van der Waals surface area contributed by atoms with Gasteiger partial charge < -0.3 is 0 Å². The van der Waals surface area contributed by atoms with Gasteiger partial charge in [-0.25, -0.2) is 0 Å². The topological polar surface area (TPSA) is 0 Å². The van der Waals surface area contributed by atoms with Gasteiger partial charge in [0.25, 0.3) is 0 Å². The highest BCUT2D eigenvalue weighted by molar-refractivity contribution is 9.09. The zero-order valence-corrected chi connectivity index (χ0v) is 11.7. The third-order valence-electron chi connectivity index (χ3n) is 1.75. The van der Waals surface area contributed by atoms with E-state index < -0.39 is 6.69 Å². The number of halogens is 3. The molecule has 4 heteroatoms. The molecule has 0 aliphatic heterocycles. The van der Waals surface area contributed by atoms with Gasteiger partial charge in [-0.2, -0.15) is 0 Å². The van der Waals surface area contributed by atoms with Gasteiger partial charge in [-0.3, -0.25) is 0 Å². The first-order valence-electron chi connectivity index (χ1n) is 4.50. The van der Waals surface area contributed by atoms with Crippen LogP contribution in [-0.2, 0) is 0 Å². The van der Waals surface area contributed by atoms with Crippen LogP contribution in [0, 0.1) is 0 Å². The maximum atomic E-state index is 5.97. The Morgan fingerprint density at radius 1 is 1.00 bits per heavy atom. The second kappa shape index (κ2) is 7.66. The van der Waals surface area contributed by atoms with Crippen molar-refractivity contribution in [3.05, 3.63) is 0 Å². The van der Waals surface area contributed by atoms with Crippen LogP contribution in [0.5, 0.6) is 0 Å². The van der Waals surface area contributed by atoms with Crippen molar-refractivity contribution in [1.82, 2.24) is 0 Å². The van der Waals surface area contributed by atoms with Gasteiger partial charge in [0.05, 0.1) is 0 Å². The van der Waals surface area contributed by atoms with Crippen LogP contribution in [0.2, 0.25) is 12.6 Å². The van der Waals surface area contributed by atoms with Crippen molar-refractivity contribution in [3.63, 3.8) is 0 Å². The number of unbranched alkanes of at least 4 members (excludes halogenated alkanes) is 4. The molecule has 0 heterocycles. The van der Waals surface area contributed by atoms with Crippen LogP contribution in [0.4, 0.5) is 0 Å². The van der Waals surface area contributed by atoms with Crippen LogP contribution in [0.1, 0.15) is 32.1 Å². The second-order valence-electron chi connectivity index (χ2n) is 3.28. The predicted molar refractivity (Wildman–Crippen MR) is 65.0 cm³/mol. The summed E-state index contributed by atoms with van der Waals surface area (Å²) < 4.78 is 0. The monoisotopic (exact) mass is 290 g/mol. The van der Waals surface area contributed by atoms with E-state index in [1.165, 1.54) is 32.1 Å². The average Bonchev–Trinajstić information content (AvgIpc) is 1.94. The molecule has 0 nitrogen and oxygen atoms in total. The number of hydrogen-bond acceptors (Lipinski definition) is 0. The van der Waals surface area contributed by atoms with Crippen molar-refractivity contribution >= 4 is 44.8 Å². The van der Waals surface area contributed by atoms with Crippen molar-refractivity contribution < 1.29 is 0 Å². The summed E-state index contributed by atoms with van der Waals surface area (Å²) >= 11 is 15.4.